The molecular weight excluding hydrogens is 438 g/mol. The van der Waals surface area contributed by atoms with Crippen LogP contribution in [0.15, 0.2) is 41.3 Å². The fourth-order valence-electron chi connectivity index (χ4n) is 3.70. The van der Waals surface area contributed by atoms with Gasteiger partial charge in [-0.05, 0) is 56.2 Å². The molecule has 3 aromatic rings. The number of fused-ring (bicyclic) bond motifs is 1. The standard InChI is InChI=1S/C25H31N3O2S2/c1-18-4-6-21(7-5-18)31-15-8-24(29)28(10-9-27-11-13-30-14-12-27)25-26-22-16-19(2)20(3)17-23(22)32-25/h4-7,16-17H,8-15H2,1-3H3. The van der Waals surface area contributed by atoms with Crippen LogP contribution in [0.25, 0.3) is 10.2 Å². The maximum Gasteiger partial charge on any atom is 0.229 e. The average molecular weight is 470 g/mol. The van der Waals surface area contributed by atoms with Gasteiger partial charge in [0.15, 0.2) is 5.13 Å². The molecule has 0 bridgehead atoms. The summed E-state index contributed by atoms with van der Waals surface area (Å²) in [6, 6.07) is 12.8. The topological polar surface area (TPSA) is 45.7 Å². The van der Waals surface area contributed by atoms with Gasteiger partial charge in [-0.2, -0.15) is 0 Å². The number of aromatic nitrogens is 1. The van der Waals surface area contributed by atoms with E-state index < -0.39 is 0 Å². The third-order valence-electron chi connectivity index (χ3n) is 5.87. The number of hydrogen-bond acceptors (Lipinski definition) is 6. The SMILES string of the molecule is Cc1ccc(SCCC(=O)N(CCN2CCOCC2)c2nc3cc(C)c(C)cc3s2)cc1. The maximum absolute atomic E-state index is 13.3. The monoisotopic (exact) mass is 469 g/mol. The molecule has 0 radical (unpaired) electrons. The Balaban J connectivity index is 1.47. The predicted octanol–water partition coefficient (Wildman–Crippen LogP) is 5.07. The Bertz CT molecular complexity index is 1020. The molecule has 2 heterocycles. The molecule has 1 fully saturated rings. The van der Waals surface area contributed by atoms with Gasteiger partial charge in [-0.1, -0.05) is 29.0 Å². The van der Waals surface area contributed by atoms with Crippen molar-refractivity contribution >= 4 is 44.4 Å². The third kappa shape index (κ3) is 5.90. The molecule has 1 aliphatic heterocycles. The molecule has 1 amide bonds. The summed E-state index contributed by atoms with van der Waals surface area (Å²) in [6.45, 7) is 11.2. The Kier molecular flexibility index (Phi) is 7.84. The first kappa shape index (κ1) is 23.2. The van der Waals surface area contributed by atoms with Crippen molar-refractivity contribution in [3.05, 3.63) is 53.1 Å². The third-order valence-corrected chi connectivity index (χ3v) is 7.93. The highest BCUT2D eigenvalue weighted by Gasteiger charge is 2.21. The van der Waals surface area contributed by atoms with E-state index in [1.165, 1.54) is 21.6 Å². The first-order valence-electron chi connectivity index (χ1n) is 11.2. The number of carbonyl (C=O) groups excluding carboxylic acids is 1. The highest BCUT2D eigenvalue weighted by Crippen LogP contribution is 2.31. The van der Waals surface area contributed by atoms with Crippen LogP contribution in [0.2, 0.25) is 0 Å². The van der Waals surface area contributed by atoms with Crippen LogP contribution in [0, 0.1) is 20.8 Å². The molecule has 0 spiro atoms. The number of rotatable bonds is 8. The van der Waals surface area contributed by atoms with Crippen LogP contribution < -0.4 is 4.90 Å². The average Bonchev–Trinajstić information content (AvgIpc) is 3.18. The lowest BCUT2D eigenvalue weighted by molar-refractivity contribution is -0.118. The lowest BCUT2D eigenvalue weighted by atomic mass is 10.1. The summed E-state index contributed by atoms with van der Waals surface area (Å²) in [7, 11) is 0. The number of amides is 1. The number of anilines is 1. The van der Waals surface area contributed by atoms with Gasteiger partial charge in [-0.3, -0.25) is 14.6 Å². The van der Waals surface area contributed by atoms with Crippen molar-refractivity contribution in [1.29, 1.82) is 0 Å². The first-order chi connectivity index (χ1) is 15.5. The Hall–Kier alpha value is -1.93. The van der Waals surface area contributed by atoms with Crippen LogP contribution >= 0.6 is 23.1 Å². The molecule has 1 saturated heterocycles. The minimum atomic E-state index is 0.144. The molecular formula is C25H31N3O2S2. The van der Waals surface area contributed by atoms with Crippen LogP contribution in [0.4, 0.5) is 5.13 Å². The predicted molar refractivity (Wildman–Crippen MR) is 135 cm³/mol. The number of carbonyl (C=O) groups is 1. The van der Waals surface area contributed by atoms with Gasteiger partial charge in [0.2, 0.25) is 5.91 Å². The lowest BCUT2D eigenvalue weighted by Crippen LogP contribution is -2.43. The minimum Gasteiger partial charge on any atom is -0.379 e. The van der Waals surface area contributed by atoms with Gasteiger partial charge < -0.3 is 4.74 Å². The molecule has 5 nitrogen and oxygen atoms in total. The van der Waals surface area contributed by atoms with E-state index in [0.717, 1.165) is 53.9 Å². The summed E-state index contributed by atoms with van der Waals surface area (Å²) in [6.07, 6.45) is 0.496. The van der Waals surface area contributed by atoms with E-state index in [1.807, 2.05) is 4.90 Å². The highest BCUT2D eigenvalue weighted by molar-refractivity contribution is 7.99. The normalized spacial score (nSPS) is 14.7. The fraction of sp³-hybridized carbons (Fsp3) is 0.440. The molecule has 0 atom stereocenters. The number of hydrogen-bond donors (Lipinski definition) is 0. The van der Waals surface area contributed by atoms with Crippen LogP contribution in [-0.2, 0) is 9.53 Å². The molecule has 0 saturated carbocycles. The van der Waals surface area contributed by atoms with Gasteiger partial charge in [0.25, 0.3) is 0 Å². The second kappa shape index (κ2) is 10.8. The number of thioether (sulfide) groups is 1. The van der Waals surface area contributed by atoms with Gasteiger partial charge in [-0.25, -0.2) is 4.98 Å². The molecule has 4 rings (SSSR count). The van der Waals surface area contributed by atoms with Crippen molar-refractivity contribution in [2.75, 3.05) is 50.0 Å². The Morgan fingerprint density at radius 3 is 2.59 bits per heavy atom. The van der Waals surface area contributed by atoms with E-state index in [0.29, 0.717) is 13.0 Å². The Morgan fingerprint density at radius 2 is 1.84 bits per heavy atom. The molecule has 1 aromatic heterocycles. The largest absolute Gasteiger partial charge is 0.379 e. The molecule has 170 valence electrons. The summed E-state index contributed by atoms with van der Waals surface area (Å²) in [5, 5.41) is 0.809. The zero-order valence-corrected chi connectivity index (χ0v) is 20.7. The summed E-state index contributed by atoms with van der Waals surface area (Å²) < 4.78 is 6.61. The second-order valence-electron chi connectivity index (χ2n) is 8.31. The molecule has 2 aromatic carbocycles. The fourth-order valence-corrected chi connectivity index (χ4v) is 5.63. The van der Waals surface area contributed by atoms with Crippen LogP contribution in [0.1, 0.15) is 23.1 Å². The van der Waals surface area contributed by atoms with Crippen molar-refractivity contribution in [3.8, 4) is 0 Å². The van der Waals surface area contributed by atoms with E-state index >= 15 is 0 Å². The molecule has 1 aliphatic rings. The van der Waals surface area contributed by atoms with Crippen molar-refractivity contribution in [1.82, 2.24) is 9.88 Å². The van der Waals surface area contributed by atoms with E-state index in [2.05, 4.69) is 62.1 Å². The van der Waals surface area contributed by atoms with Gasteiger partial charge in [0.1, 0.15) is 0 Å². The van der Waals surface area contributed by atoms with Gasteiger partial charge in [0, 0.05) is 43.2 Å². The summed E-state index contributed by atoms with van der Waals surface area (Å²) >= 11 is 3.35. The van der Waals surface area contributed by atoms with Crippen LogP contribution in [0.5, 0.6) is 0 Å². The van der Waals surface area contributed by atoms with Crippen molar-refractivity contribution in [2.45, 2.75) is 32.1 Å². The zero-order chi connectivity index (χ0) is 22.5. The number of aryl methyl sites for hydroxylation is 3. The van der Waals surface area contributed by atoms with Crippen molar-refractivity contribution < 1.29 is 9.53 Å². The maximum atomic E-state index is 13.3. The zero-order valence-electron chi connectivity index (χ0n) is 19.1. The van der Waals surface area contributed by atoms with Crippen LogP contribution in [0.3, 0.4) is 0 Å². The number of benzene rings is 2. The number of nitrogens with zero attached hydrogens (tertiary/aromatic N) is 3. The lowest BCUT2D eigenvalue weighted by Gasteiger charge is -2.29. The molecule has 0 unspecified atom stereocenters. The highest BCUT2D eigenvalue weighted by atomic mass is 32.2. The summed E-state index contributed by atoms with van der Waals surface area (Å²) in [4.78, 5) is 23.6. The molecule has 0 aliphatic carbocycles. The van der Waals surface area contributed by atoms with E-state index in [9.17, 15) is 4.79 Å². The smallest absolute Gasteiger partial charge is 0.229 e. The van der Waals surface area contributed by atoms with E-state index in [1.54, 1.807) is 23.1 Å². The van der Waals surface area contributed by atoms with Crippen molar-refractivity contribution in [2.24, 2.45) is 0 Å². The van der Waals surface area contributed by atoms with E-state index in [4.69, 9.17) is 9.72 Å². The van der Waals surface area contributed by atoms with Gasteiger partial charge >= 0.3 is 0 Å². The number of thiazole rings is 1. The molecule has 32 heavy (non-hydrogen) atoms. The summed E-state index contributed by atoms with van der Waals surface area (Å²) in [5.74, 6) is 0.907. The number of ether oxygens (including phenoxy) is 1. The minimum absolute atomic E-state index is 0.144. The Morgan fingerprint density at radius 1 is 1.12 bits per heavy atom. The second-order valence-corrected chi connectivity index (χ2v) is 10.5. The molecule has 0 N–H and O–H groups in total. The first-order valence-corrected chi connectivity index (χ1v) is 13.0. The van der Waals surface area contributed by atoms with Gasteiger partial charge in [0.05, 0.1) is 23.4 Å². The van der Waals surface area contributed by atoms with Gasteiger partial charge in [-0.15, -0.1) is 11.8 Å². The van der Waals surface area contributed by atoms with E-state index in [-0.39, 0.29) is 5.91 Å². The molecule has 7 heteroatoms. The Labute approximate surface area is 198 Å². The van der Waals surface area contributed by atoms with Crippen molar-refractivity contribution in [3.63, 3.8) is 0 Å². The number of morpholine rings is 1. The summed E-state index contributed by atoms with van der Waals surface area (Å²) in [5.41, 5.74) is 4.72. The quantitative estimate of drug-likeness (QED) is 0.431. The van der Waals surface area contributed by atoms with Crippen LogP contribution in [-0.4, -0.2) is 60.9 Å².